The van der Waals surface area contributed by atoms with Gasteiger partial charge in [-0.15, -0.1) is 0 Å². The highest BCUT2D eigenvalue weighted by Crippen LogP contribution is 2.20. The summed E-state index contributed by atoms with van der Waals surface area (Å²) >= 11 is 0. The first-order valence-corrected chi connectivity index (χ1v) is 5.40. The zero-order valence-electron chi connectivity index (χ0n) is 8.63. The van der Waals surface area contributed by atoms with Crippen molar-refractivity contribution in [1.82, 2.24) is 4.90 Å². The van der Waals surface area contributed by atoms with Crippen molar-refractivity contribution in [3.05, 3.63) is 11.9 Å². The van der Waals surface area contributed by atoms with Crippen LogP contribution in [0.3, 0.4) is 0 Å². The van der Waals surface area contributed by atoms with E-state index in [0.29, 0.717) is 12.8 Å². The maximum atomic E-state index is 12.8. The van der Waals surface area contributed by atoms with Gasteiger partial charge in [-0.25, -0.2) is 0 Å². The molecular formula is C12H14FNO. The fraction of sp³-hybridized carbons (Fsp3) is 0.583. The number of amides is 1. The molecule has 0 N–H and O–H groups in total. The van der Waals surface area contributed by atoms with Gasteiger partial charge in [-0.05, 0) is 31.3 Å². The summed E-state index contributed by atoms with van der Waals surface area (Å²) in [5.41, 5.74) is 0. The third-order valence-corrected chi connectivity index (χ3v) is 2.90. The van der Waals surface area contributed by atoms with Crippen molar-refractivity contribution in [2.24, 2.45) is 5.92 Å². The summed E-state index contributed by atoms with van der Waals surface area (Å²) in [6.07, 6.45) is 4.57. The molecule has 1 atom stereocenters. The Morgan fingerprint density at radius 2 is 2.20 bits per heavy atom. The van der Waals surface area contributed by atoms with Crippen LogP contribution in [0.25, 0.3) is 0 Å². The molecule has 0 radical (unpaired) electrons. The van der Waals surface area contributed by atoms with Gasteiger partial charge in [0.15, 0.2) is 5.83 Å². The van der Waals surface area contributed by atoms with E-state index in [0.717, 1.165) is 25.9 Å². The quantitative estimate of drug-likeness (QED) is 0.601. The lowest BCUT2D eigenvalue weighted by Crippen LogP contribution is -2.33. The summed E-state index contributed by atoms with van der Waals surface area (Å²) < 4.78 is 12.8. The van der Waals surface area contributed by atoms with E-state index in [2.05, 4.69) is 11.8 Å². The van der Waals surface area contributed by atoms with Crippen LogP contribution >= 0.6 is 0 Å². The maximum Gasteiger partial charge on any atom is 0.226 e. The van der Waals surface area contributed by atoms with Crippen molar-refractivity contribution in [3.8, 4) is 11.8 Å². The summed E-state index contributed by atoms with van der Waals surface area (Å²) in [7, 11) is 0. The van der Waals surface area contributed by atoms with Gasteiger partial charge in [0.1, 0.15) is 0 Å². The third kappa shape index (κ3) is 2.38. The largest absolute Gasteiger partial charge is 0.342 e. The monoisotopic (exact) mass is 207 g/mol. The number of likely N-dealkylation sites (tertiary alicyclic amines) is 1. The number of rotatable bonds is 1. The first-order valence-electron chi connectivity index (χ1n) is 5.40. The van der Waals surface area contributed by atoms with Gasteiger partial charge in [0.25, 0.3) is 0 Å². The van der Waals surface area contributed by atoms with E-state index < -0.39 is 5.83 Å². The van der Waals surface area contributed by atoms with Gasteiger partial charge < -0.3 is 4.90 Å². The molecule has 0 bridgehead atoms. The molecule has 0 saturated carbocycles. The van der Waals surface area contributed by atoms with Gasteiger partial charge in [-0.3, -0.25) is 4.79 Å². The molecule has 1 amide bonds. The molecule has 0 aromatic rings. The van der Waals surface area contributed by atoms with Crippen molar-refractivity contribution in [1.29, 1.82) is 0 Å². The lowest BCUT2D eigenvalue weighted by atomic mass is 10.0. The molecule has 3 heteroatoms. The summed E-state index contributed by atoms with van der Waals surface area (Å²) in [6.45, 7) is 1.71. The second kappa shape index (κ2) is 4.48. The second-order valence-corrected chi connectivity index (χ2v) is 4.02. The van der Waals surface area contributed by atoms with Crippen molar-refractivity contribution in [2.75, 3.05) is 13.1 Å². The van der Waals surface area contributed by atoms with Crippen LogP contribution in [0.15, 0.2) is 11.9 Å². The minimum atomic E-state index is -0.397. The van der Waals surface area contributed by atoms with Gasteiger partial charge >= 0.3 is 0 Å². The first kappa shape index (κ1) is 10.2. The van der Waals surface area contributed by atoms with Crippen LogP contribution in [-0.2, 0) is 4.79 Å². The molecule has 1 saturated heterocycles. The normalized spacial score (nSPS) is 25.3. The average molecular weight is 207 g/mol. The molecular weight excluding hydrogens is 193 g/mol. The molecule has 1 fully saturated rings. The van der Waals surface area contributed by atoms with Crippen LogP contribution in [-0.4, -0.2) is 23.9 Å². The summed E-state index contributed by atoms with van der Waals surface area (Å²) in [6, 6.07) is 0. The number of nitrogens with zero attached hydrogens (tertiary/aromatic N) is 1. The molecule has 1 unspecified atom stereocenters. The number of carbonyl (C=O) groups is 1. The minimum absolute atomic E-state index is 0.135. The van der Waals surface area contributed by atoms with Gasteiger partial charge in [0.05, 0.1) is 5.92 Å². The molecule has 15 heavy (non-hydrogen) atoms. The Morgan fingerprint density at radius 3 is 2.93 bits per heavy atom. The fourth-order valence-corrected chi connectivity index (χ4v) is 2.02. The fourth-order valence-electron chi connectivity index (χ4n) is 2.02. The first-order chi connectivity index (χ1) is 7.27. The van der Waals surface area contributed by atoms with Crippen LogP contribution in [0, 0.1) is 17.8 Å². The molecule has 0 spiro atoms. The zero-order valence-corrected chi connectivity index (χ0v) is 8.63. The highest BCUT2D eigenvalue weighted by Gasteiger charge is 2.25. The van der Waals surface area contributed by atoms with E-state index in [1.807, 2.05) is 4.90 Å². The average Bonchev–Trinajstić information content (AvgIpc) is 2.67. The van der Waals surface area contributed by atoms with Crippen LogP contribution in [0.4, 0.5) is 4.39 Å². The molecule has 0 aromatic heterocycles. The SMILES string of the molecule is O=C(C1CC#CC(F)=CC1)N1CCCC1. The summed E-state index contributed by atoms with van der Waals surface area (Å²) in [5.74, 6) is 4.72. The van der Waals surface area contributed by atoms with Crippen molar-refractivity contribution < 1.29 is 9.18 Å². The molecule has 2 rings (SSSR count). The highest BCUT2D eigenvalue weighted by atomic mass is 19.1. The number of halogens is 1. The summed E-state index contributed by atoms with van der Waals surface area (Å²) in [5, 5.41) is 0. The molecule has 80 valence electrons. The van der Waals surface area contributed by atoms with E-state index in [1.165, 1.54) is 6.08 Å². The Balaban J connectivity index is 2.00. The van der Waals surface area contributed by atoms with Crippen molar-refractivity contribution in [3.63, 3.8) is 0 Å². The number of hydrogen-bond acceptors (Lipinski definition) is 1. The van der Waals surface area contributed by atoms with Gasteiger partial charge in [-0.2, -0.15) is 4.39 Å². The van der Waals surface area contributed by atoms with Crippen LogP contribution < -0.4 is 0 Å². The van der Waals surface area contributed by atoms with E-state index in [9.17, 15) is 9.18 Å². The number of hydrogen-bond donors (Lipinski definition) is 0. The maximum absolute atomic E-state index is 12.8. The van der Waals surface area contributed by atoms with Crippen molar-refractivity contribution >= 4 is 5.91 Å². The molecule has 1 heterocycles. The highest BCUT2D eigenvalue weighted by molar-refractivity contribution is 5.79. The van der Waals surface area contributed by atoms with Gasteiger partial charge in [-0.1, -0.05) is 5.92 Å². The Kier molecular flexibility index (Phi) is 3.05. The lowest BCUT2D eigenvalue weighted by molar-refractivity contribution is -0.134. The Hall–Kier alpha value is -1.30. The van der Waals surface area contributed by atoms with Crippen LogP contribution in [0.1, 0.15) is 25.7 Å². The Bertz CT molecular complexity index is 344. The predicted octanol–water partition coefficient (Wildman–Crippen LogP) is 1.88. The van der Waals surface area contributed by atoms with Crippen molar-refractivity contribution in [2.45, 2.75) is 25.7 Å². The topological polar surface area (TPSA) is 20.3 Å². The van der Waals surface area contributed by atoms with Crippen LogP contribution in [0.5, 0.6) is 0 Å². The van der Waals surface area contributed by atoms with E-state index in [1.54, 1.807) is 0 Å². The van der Waals surface area contributed by atoms with E-state index in [-0.39, 0.29) is 11.8 Å². The molecule has 2 nitrogen and oxygen atoms in total. The van der Waals surface area contributed by atoms with Gasteiger partial charge in [0, 0.05) is 19.5 Å². The number of carbonyl (C=O) groups excluding carboxylic acids is 1. The van der Waals surface area contributed by atoms with Crippen LogP contribution in [0.2, 0.25) is 0 Å². The predicted molar refractivity (Wildman–Crippen MR) is 55.5 cm³/mol. The Labute approximate surface area is 89.1 Å². The zero-order chi connectivity index (χ0) is 10.7. The second-order valence-electron chi connectivity index (χ2n) is 4.02. The minimum Gasteiger partial charge on any atom is -0.342 e. The smallest absolute Gasteiger partial charge is 0.226 e. The lowest BCUT2D eigenvalue weighted by Gasteiger charge is -2.20. The molecule has 1 aliphatic heterocycles. The molecule has 0 aromatic carbocycles. The van der Waals surface area contributed by atoms with Gasteiger partial charge in [0.2, 0.25) is 5.91 Å². The standard InChI is InChI=1S/C12H14FNO/c13-11-5-3-4-10(6-7-11)12(15)14-8-1-2-9-14/h7,10H,1-2,4,6,8-9H2. The molecule has 2 aliphatic rings. The molecule has 1 aliphatic carbocycles. The van der Waals surface area contributed by atoms with E-state index in [4.69, 9.17) is 0 Å². The number of allylic oxidation sites excluding steroid dienone is 2. The summed E-state index contributed by atoms with van der Waals surface area (Å²) in [4.78, 5) is 13.8. The van der Waals surface area contributed by atoms with E-state index >= 15 is 0 Å². The Morgan fingerprint density at radius 1 is 1.47 bits per heavy atom. The third-order valence-electron chi connectivity index (χ3n) is 2.90.